The molecular weight excluding hydrogens is 280 g/mol. The minimum absolute atomic E-state index is 0.0333. The van der Waals surface area contributed by atoms with Gasteiger partial charge in [0.05, 0.1) is 12.0 Å². The predicted octanol–water partition coefficient (Wildman–Crippen LogP) is 1.79. The first-order valence-electron chi connectivity index (χ1n) is 8.59. The van der Waals surface area contributed by atoms with Gasteiger partial charge in [-0.25, -0.2) is 0 Å². The van der Waals surface area contributed by atoms with E-state index in [-0.39, 0.29) is 30.2 Å². The molecule has 22 heavy (non-hydrogen) atoms. The Morgan fingerprint density at radius 1 is 1.23 bits per heavy atom. The van der Waals surface area contributed by atoms with Gasteiger partial charge in [0, 0.05) is 32.1 Å². The Balaban J connectivity index is 1.81. The van der Waals surface area contributed by atoms with Gasteiger partial charge in [-0.2, -0.15) is 0 Å². The zero-order valence-corrected chi connectivity index (χ0v) is 14.2. The van der Waals surface area contributed by atoms with E-state index >= 15 is 0 Å². The van der Waals surface area contributed by atoms with Crippen molar-refractivity contribution in [1.82, 2.24) is 9.80 Å². The van der Waals surface area contributed by atoms with Gasteiger partial charge in [0.25, 0.3) is 0 Å². The minimum Gasteiger partial charge on any atom is -0.389 e. The van der Waals surface area contributed by atoms with Crippen molar-refractivity contribution in [3.63, 3.8) is 0 Å². The van der Waals surface area contributed by atoms with E-state index in [0.29, 0.717) is 13.1 Å². The quantitative estimate of drug-likeness (QED) is 0.861. The molecule has 1 aliphatic heterocycles. The number of likely N-dealkylation sites (tertiary alicyclic amines) is 1. The number of rotatable bonds is 4. The van der Waals surface area contributed by atoms with Crippen molar-refractivity contribution >= 4 is 11.8 Å². The maximum atomic E-state index is 12.3. The zero-order valence-electron chi connectivity index (χ0n) is 14.2. The van der Waals surface area contributed by atoms with Crippen molar-refractivity contribution in [3.05, 3.63) is 0 Å². The molecule has 0 atom stereocenters. The van der Waals surface area contributed by atoms with Crippen LogP contribution >= 0.6 is 0 Å². The van der Waals surface area contributed by atoms with Crippen LogP contribution in [0.5, 0.6) is 0 Å². The number of aliphatic hydroxyl groups is 1. The maximum Gasteiger partial charge on any atom is 0.225 e. The first-order valence-corrected chi connectivity index (χ1v) is 8.59. The van der Waals surface area contributed by atoms with E-state index in [2.05, 4.69) is 0 Å². The minimum atomic E-state index is -0.776. The number of carbonyl (C=O) groups is 2. The highest BCUT2D eigenvalue weighted by molar-refractivity contribution is 5.80. The highest BCUT2D eigenvalue weighted by Crippen LogP contribution is 2.33. The molecule has 0 aromatic carbocycles. The maximum absolute atomic E-state index is 12.3. The van der Waals surface area contributed by atoms with Crippen LogP contribution in [-0.2, 0) is 9.59 Å². The standard InChI is InChI=1S/C17H30N2O3/c1-13(2)18(3)16(21)14-6-10-19(11-7-14)15(20)12-17(22)8-4-5-9-17/h13-14,22H,4-12H2,1-3H3. The van der Waals surface area contributed by atoms with Crippen molar-refractivity contribution in [1.29, 1.82) is 0 Å². The van der Waals surface area contributed by atoms with E-state index in [9.17, 15) is 14.7 Å². The van der Waals surface area contributed by atoms with Crippen LogP contribution in [0, 0.1) is 5.92 Å². The Labute approximate surface area is 133 Å². The Morgan fingerprint density at radius 3 is 2.27 bits per heavy atom. The molecule has 1 aliphatic carbocycles. The van der Waals surface area contributed by atoms with Crippen molar-refractivity contribution in [2.75, 3.05) is 20.1 Å². The molecule has 2 aliphatic rings. The molecule has 126 valence electrons. The van der Waals surface area contributed by atoms with Crippen molar-refractivity contribution in [3.8, 4) is 0 Å². The van der Waals surface area contributed by atoms with Gasteiger partial charge in [0.1, 0.15) is 0 Å². The molecule has 2 rings (SSSR count). The molecule has 0 unspecified atom stereocenters. The molecule has 5 heteroatoms. The molecule has 1 saturated carbocycles. The van der Waals surface area contributed by atoms with Gasteiger partial charge >= 0.3 is 0 Å². The number of carbonyl (C=O) groups excluding carboxylic acids is 2. The molecule has 1 heterocycles. The Morgan fingerprint density at radius 2 is 1.77 bits per heavy atom. The van der Waals surface area contributed by atoms with Crippen LogP contribution in [0.3, 0.4) is 0 Å². The summed E-state index contributed by atoms with van der Waals surface area (Å²) in [7, 11) is 1.85. The van der Waals surface area contributed by atoms with Crippen LogP contribution in [0.4, 0.5) is 0 Å². The van der Waals surface area contributed by atoms with E-state index in [1.54, 1.807) is 4.90 Å². The lowest BCUT2D eigenvalue weighted by Crippen LogP contribution is -2.46. The number of piperidine rings is 1. The molecule has 5 nitrogen and oxygen atoms in total. The summed E-state index contributed by atoms with van der Waals surface area (Å²) in [5.74, 6) is 0.273. The van der Waals surface area contributed by atoms with Crippen molar-refractivity contribution in [2.45, 2.75) is 70.4 Å². The average molecular weight is 310 g/mol. The normalized spacial score (nSPS) is 22.1. The summed E-state index contributed by atoms with van der Waals surface area (Å²) < 4.78 is 0. The summed E-state index contributed by atoms with van der Waals surface area (Å²) in [6, 6.07) is 0.212. The van der Waals surface area contributed by atoms with Crippen LogP contribution in [0.2, 0.25) is 0 Å². The molecule has 1 N–H and O–H groups in total. The average Bonchev–Trinajstić information content (AvgIpc) is 2.92. The van der Waals surface area contributed by atoms with Crippen molar-refractivity contribution < 1.29 is 14.7 Å². The molecule has 0 aromatic heterocycles. The zero-order chi connectivity index (χ0) is 16.3. The van der Waals surface area contributed by atoms with E-state index in [4.69, 9.17) is 0 Å². The molecule has 2 amide bonds. The van der Waals surface area contributed by atoms with Crippen LogP contribution in [-0.4, -0.2) is 58.5 Å². The van der Waals surface area contributed by atoms with Gasteiger partial charge in [-0.05, 0) is 39.5 Å². The van der Waals surface area contributed by atoms with Crippen molar-refractivity contribution in [2.24, 2.45) is 5.92 Å². The molecule has 2 fully saturated rings. The summed E-state index contributed by atoms with van der Waals surface area (Å²) in [5, 5.41) is 10.4. The summed E-state index contributed by atoms with van der Waals surface area (Å²) >= 11 is 0. The third-order valence-electron chi connectivity index (χ3n) is 5.33. The van der Waals surface area contributed by atoms with E-state index in [1.807, 2.05) is 25.8 Å². The van der Waals surface area contributed by atoms with Gasteiger partial charge in [0.2, 0.25) is 11.8 Å². The number of amides is 2. The molecular formula is C17H30N2O3. The fraction of sp³-hybridized carbons (Fsp3) is 0.882. The summed E-state index contributed by atoms with van der Waals surface area (Å²) in [6.45, 7) is 5.30. The molecule has 0 spiro atoms. The summed E-state index contributed by atoms with van der Waals surface area (Å²) in [4.78, 5) is 28.3. The molecule has 0 aromatic rings. The highest BCUT2D eigenvalue weighted by Gasteiger charge is 2.36. The molecule has 1 saturated heterocycles. The first-order chi connectivity index (χ1) is 10.3. The lowest BCUT2D eigenvalue weighted by molar-refractivity contribution is -0.143. The third kappa shape index (κ3) is 4.00. The fourth-order valence-electron chi connectivity index (χ4n) is 3.52. The smallest absolute Gasteiger partial charge is 0.225 e. The molecule has 0 radical (unpaired) electrons. The Kier molecular flexibility index (Phi) is 5.48. The Hall–Kier alpha value is -1.10. The van der Waals surface area contributed by atoms with E-state index in [0.717, 1.165) is 38.5 Å². The summed E-state index contributed by atoms with van der Waals surface area (Å²) in [5.41, 5.74) is -0.776. The second-order valence-electron chi connectivity index (χ2n) is 7.31. The number of hydrogen-bond acceptors (Lipinski definition) is 3. The second-order valence-corrected chi connectivity index (χ2v) is 7.31. The lowest BCUT2D eigenvalue weighted by Gasteiger charge is -2.35. The monoisotopic (exact) mass is 310 g/mol. The highest BCUT2D eigenvalue weighted by atomic mass is 16.3. The van der Waals surface area contributed by atoms with Crippen LogP contribution in [0.1, 0.15) is 58.8 Å². The van der Waals surface area contributed by atoms with Gasteiger partial charge in [-0.1, -0.05) is 12.8 Å². The van der Waals surface area contributed by atoms with Gasteiger partial charge < -0.3 is 14.9 Å². The number of nitrogens with zero attached hydrogens (tertiary/aromatic N) is 2. The molecule has 0 bridgehead atoms. The largest absolute Gasteiger partial charge is 0.389 e. The van der Waals surface area contributed by atoms with Crippen LogP contribution in [0.25, 0.3) is 0 Å². The Bertz CT molecular complexity index is 408. The van der Waals surface area contributed by atoms with E-state index in [1.165, 1.54) is 0 Å². The summed E-state index contributed by atoms with van der Waals surface area (Å²) in [6.07, 6.45) is 5.24. The SMILES string of the molecule is CC(C)N(C)C(=O)C1CCN(C(=O)CC2(O)CCCC2)CC1. The van der Waals surface area contributed by atoms with Crippen LogP contribution in [0.15, 0.2) is 0 Å². The number of hydrogen-bond donors (Lipinski definition) is 1. The topological polar surface area (TPSA) is 60.9 Å². The predicted molar refractivity (Wildman–Crippen MR) is 85.2 cm³/mol. The van der Waals surface area contributed by atoms with Gasteiger partial charge in [0.15, 0.2) is 0 Å². The lowest BCUT2D eigenvalue weighted by atomic mass is 9.93. The third-order valence-corrected chi connectivity index (χ3v) is 5.33. The van der Waals surface area contributed by atoms with Gasteiger partial charge in [-0.3, -0.25) is 9.59 Å². The first kappa shape index (κ1) is 17.3. The second kappa shape index (κ2) is 6.99. The van der Waals surface area contributed by atoms with Crippen LogP contribution < -0.4 is 0 Å². The van der Waals surface area contributed by atoms with Gasteiger partial charge in [-0.15, -0.1) is 0 Å². The van der Waals surface area contributed by atoms with E-state index < -0.39 is 5.60 Å². The fourth-order valence-corrected chi connectivity index (χ4v) is 3.52.